The summed E-state index contributed by atoms with van der Waals surface area (Å²) in [6.07, 6.45) is 2.28. The van der Waals surface area contributed by atoms with Gasteiger partial charge >= 0.3 is 0 Å². The van der Waals surface area contributed by atoms with Gasteiger partial charge in [0.2, 0.25) is 5.91 Å². The Labute approximate surface area is 163 Å². The predicted molar refractivity (Wildman–Crippen MR) is 110 cm³/mol. The van der Waals surface area contributed by atoms with E-state index in [9.17, 15) is 9.59 Å². The van der Waals surface area contributed by atoms with E-state index in [2.05, 4.69) is 25.2 Å². The van der Waals surface area contributed by atoms with Gasteiger partial charge < -0.3 is 15.1 Å². The number of amides is 2. The van der Waals surface area contributed by atoms with E-state index in [0.717, 1.165) is 24.3 Å². The molecule has 0 saturated carbocycles. The highest BCUT2D eigenvalue weighted by molar-refractivity contribution is 6.08. The minimum absolute atomic E-state index is 0.157. The van der Waals surface area contributed by atoms with Crippen LogP contribution in [0.4, 0.5) is 11.4 Å². The summed E-state index contributed by atoms with van der Waals surface area (Å²) in [5.74, 6) is 0.865. The maximum absolute atomic E-state index is 13.5. The van der Waals surface area contributed by atoms with Gasteiger partial charge in [-0.15, -0.1) is 0 Å². The number of fused-ring (bicyclic) bond motifs is 1. The second kappa shape index (κ2) is 7.17. The molecule has 2 aliphatic rings. The van der Waals surface area contributed by atoms with Gasteiger partial charge in [-0.1, -0.05) is 46.8 Å². The molecule has 0 radical (unpaired) electrons. The number of rotatable bonds is 3. The van der Waals surface area contributed by atoms with Crippen LogP contribution in [0.5, 0.6) is 0 Å². The largest absolute Gasteiger partial charge is 0.369 e. The number of piperidine rings is 1. The van der Waals surface area contributed by atoms with E-state index < -0.39 is 5.54 Å². The van der Waals surface area contributed by atoms with Gasteiger partial charge in [-0.05, 0) is 37.3 Å². The summed E-state index contributed by atoms with van der Waals surface area (Å²) in [5.41, 5.74) is 1.02. The lowest BCUT2D eigenvalue weighted by Gasteiger charge is -2.48. The van der Waals surface area contributed by atoms with Crippen LogP contribution in [0.3, 0.4) is 0 Å². The molecule has 0 unspecified atom stereocenters. The number of carbonyl (C=O) groups excluding carboxylic acids is 2. The van der Waals surface area contributed by atoms with Crippen LogP contribution < -0.4 is 10.2 Å². The van der Waals surface area contributed by atoms with Gasteiger partial charge in [0.25, 0.3) is 5.91 Å². The molecule has 1 spiro atoms. The van der Waals surface area contributed by atoms with E-state index in [-0.39, 0.29) is 17.2 Å². The minimum Gasteiger partial charge on any atom is -0.369 e. The first-order valence-electron chi connectivity index (χ1n) is 10.1. The number of anilines is 2. The van der Waals surface area contributed by atoms with Crippen molar-refractivity contribution in [3.8, 4) is 0 Å². The van der Waals surface area contributed by atoms with Crippen molar-refractivity contribution in [3.05, 3.63) is 24.3 Å². The van der Waals surface area contributed by atoms with Crippen molar-refractivity contribution in [2.75, 3.05) is 29.9 Å². The van der Waals surface area contributed by atoms with Crippen LogP contribution in [0.25, 0.3) is 0 Å². The average molecular weight is 372 g/mol. The fourth-order valence-electron chi connectivity index (χ4n) is 4.01. The van der Waals surface area contributed by atoms with Gasteiger partial charge in [0.1, 0.15) is 5.54 Å². The molecule has 5 heteroatoms. The predicted octanol–water partition coefficient (Wildman–Crippen LogP) is 3.90. The Morgan fingerprint density at radius 1 is 1.19 bits per heavy atom. The second-order valence-electron chi connectivity index (χ2n) is 9.41. The van der Waals surface area contributed by atoms with E-state index in [1.165, 1.54) is 0 Å². The number of carbonyl (C=O) groups is 2. The van der Waals surface area contributed by atoms with Gasteiger partial charge in [0.15, 0.2) is 0 Å². The Hall–Kier alpha value is -2.04. The molecular weight excluding hydrogens is 338 g/mol. The molecule has 2 amide bonds. The fraction of sp³-hybridized carbons (Fsp3) is 0.636. The number of benzene rings is 1. The molecule has 2 aliphatic heterocycles. The van der Waals surface area contributed by atoms with Crippen LogP contribution in [0, 0.1) is 11.3 Å². The lowest BCUT2D eigenvalue weighted by molar-refractivity contribution is -0.142. The van der Waals surface area contributed by atoms with Crippen molar-refractivity contribution >= 4 is 23.2 Å². The first-order valence-corrected chi connectivity index (χ1v) is 10.1. The summed E-state index contributed by atoms with van der Waals surface area (Å²) < 4.78 is 0. The van der Waals surface area contributed by atoms with Gasteiger partial charge in [-0.3, -0.25) is 9.59 Å². The molecule has 0 aromatic heterocycles. The van der Waals surface area contributed by atoms with Gasteiger partial charge in [-0.2, -0.15) is 0 Å². The summed E-state index contributed by atoms with van der Waals surface area (Å²) >= 11 is 0. The summed E-state index contributed by atoms with van der Waals surface area (Å²) in [7, 11) is 0. The molecule has 1 fully saturated rings. The van der Waals surface area contributed by atoms with Crippen molar-refractivity contribution in [2.24, 2.45) is 11.3 Å². The molecule has 2 heterocycles. The monoisotopic (exact) mass is 371 g/mol. The Morgan fingerprint density at radius 2 is 1.81 bits per heavy atom. The molecule has 5 nitrogen and oxygen atoms in total. The zero-order chi connectivity index (χ0) is 19.8. The lowest BCUT2D eigenvalue weighted by atomic mass is 9.82. The van der Waals surface area contributed by atoms with Gasteiger partial charge in [0, 0.05) is 25.0 Å². The second-order valence-corrected chi connectivity index (χ2v) is 9.41. The van der Waals surface area contributed by atoms with Crippen LogP contribution >= 0.6 is 0 Å². The van der Waals surface area contributed by atoms with E-state index >= 15 is 0 Å². The van der Waals surface area contributed by atoms with Crippen molar-refractivity contribution in [1.82, 2.24) is 4.90 Å². The summed E-state index contributed by atoms with van der Waals surface area (Å²) in [4.78, 5) is 30.0. The third kappa shape index (κ3) is 3.83. The van der Waals surface area contributed by atoms with E-state index in [4.69, 9.17) is 0 Å². The normalized spacial score (nSPS) is 19.3. The van der Waals surface area contributed by atoms with Crippen molar-refractivity contribution in [1.29, 1.82) is 0 Å². The molecule has 3 rings (SSSR count). The number of hydrogen-bond acceptors (Lipinski definition) is 3. The highest BCUT2D eigenvalue weighted by Crippen LogP contribution is 2.40. The SMILES string of the molecule is CC(C)CCN1C(=O)C2(CCN(C(=O)C(C)(C)C)CC2)Nc2ccccc21. The summed E-state index contributed by atoms with van der Waals surface area (Å²) in [6, 6.07) is 8.07. The molecule has 1 aromatic carbocycles. The minimum atomic E-state index is -0.597. The molecule has 1 aromatic rings. The lowest BCUT2D eigenvalue weighted by Crippen LogP contribution is -2.63. The first kappa shape index (κ1) is 19.7. The van der Waals surface area contributed by atoms with E-state index in [1.54, 1.807) is 0 Å². The Bertz CT molecular complexity index is 713. The van der Waals surface area contributed by atoms with Crippen LogP contribution in [-0.4, -0.2) is 41.9 Å². The fourth-order valence-corrected chi connectivity index (χ4v) is 4.01. The first-order chi connectivity index (χ1) is 12.6. The molecule has 1 N–H and O–H groups in total. The molecule has 0 aliphatic carbocycles. The molecule has 0 bridgehead atoms. The smallest absolute Gasteiger partial charge is 0.252 e. The number of hydrogen-bond donors (Lipinski definition) is 1. The maximum atomic E-state index is 13.5. The number of nitrogens with zero attached hydrogens (tertiary/aromatic N) is 2. The third-order valence-electron chi connectivity index (χ3n) is 5.70. The van der Waals surface area contributed by atoms with Crippen LogP contribution in [0.15, 0.2) is 24.3 Å². The third-order valence-corrected chi connectivity index (χ3v) is 5.70. The van der Waals surface area contributed by atoms with Crippen LogP contribution in [0.1, 0.15) is 53.9 Å². The Kier molecular flexibility index (Phi) is 5.24. The van der Waals surface area contributed by atoms with Crippen LogP contribution in [-0.2, 0) is 9.59 Å². The Morgan fingerprint density at radius 3 is 2.41 bits per heavy atom. The van der Waals surface area contributed by atoms with Gasteiger partial charge in [0.05, 0.1) is 11.4 Å². The summed E-state index contributed by atoms with van der Waals surface area (Å²) in [5, 5.41) is 3.55. The standard InChI is InChI=1S/C22H33N3O2/c1-16(2)10-13-25-18-9-7-6-8-17(18)23-22(20(25)27)11-14-24(15-12-22)19(26)21(3,4)5/h6-9,16,23H,10-15H2,1-5H3. The zero-order valence-corrected chi connectivity index (χ0v) is 17.3. The molecule has 148 valence electrons. The molecule has 1 saturated heterocycles. The van der Waals surface area contributed by atoms with Gasteiger partial charge in [-0.25, -0.2) is 0 Å². The maximum Gasteiger partial charge on any atom is 0.252 e. The van der Waals surface area contributed by atoms with Crippen molar-refractivity contribution in [3.63, 3.8) is 0 Å². The topological polar surface area (TPSA) is 52.7 Å². The van der Waals surface area contributed by atoms with E-state index in [0.29, 0.717) is 31.8 Å². The molecule has 27 heavy (non-hydrogen) atoms. The van der Waals surface area contributed by atoms with Crippen LogP contribution in [0.2, 0.25) is 0 Å². The molecule has 0 atom stereocenters. The molecular formula is C22H33N3O2. The number of para-hydroxylation sites is 2. The quantitative estimate of drug-likeness (QED) is 0.877. The average Bonchev–Trinajstić information content (AvgIpc) is 2.61. The van der Waals surface area contributed by atoms with Crippen molar-refractivity contribution < 1.29 is 9.59 Å². The number of nitrogens with one attached hydrogen (secondary N) is 1. The van der Waals surface area contributed by atoms with Crippen molar-refractivity contribution in [2.45, 2.75) is 59.4 Å². The zero-order valence-electron chi connectivity index (χ0n) is 17.3. The summed E-state index contributed by atoms with van der Waals surface area (Å²) in [6.45, 7) is 12.2. The highest BCUT2D eigenvalue weighted by Gasteiger charge is 2.48. The highest BCUT2D eigenvalue weighted by atomic mass is 16.2. The number of likely N-dealkylation sites (tertiary alicyclic amines) is 1. The van der Waals surface area contributed by atoms with E-state index in [1.807, 2.05) is 48.8 Å². The Balaban J connectivity index is 1.83.